The van der Waals surface area contributed by atoms with E-state index >= 15 is 0 Å². The summed E-state index contributed by atoms with van der Waals surface area (Å²) in [6, 6.07) is 7.06. The molecule has 8 nitrogen and oxygen atoms in total. The lowest BCUT2D eigenvalue weighted by molar-refractivity contribution is -0.125. The number of halogens is 1. The fourth-order valence-corrected chi connectivity index (χ4v) is 4.01. The Balaban J connectivity index is 1.56. The van der Waals surface area contributed by atoms with Crippen LogP contribution in [-0.2, 0) is 14.3 Å². The van der Waals surface area contributed by atoms with Gasteiger partial charge in [0.05, 0.1) is 12.8 Å². The Hall–Kier alpha value is -3.07. The van der Waals surface area contributed by atoms with Crippen molar-refractivity contribution in [3.63, 3.8) is 0 Å². The number of nitrogens with one attached hydrogen (secondary N) is 1. The van der Waals surface area contributed by atoms with E-state index in [1.54, 1.807) is 29.2 Å². The molecule has 1 aliphatic heterocycles. The quantitative estimate of drug-likeness (QED) is 0.777. The number of amides is 2. The molecule has 1 aliphatic carbocycles. The van der Waals surface area contributed by atoms with E-state index in [1.807, 2.05) is 0 Å². The van der Waals surface area contributed by atoms with Gasteiger partial charge in [0.15, 0.2) is 5.82 Å². The highest BCUT2D eigenvalue weighted by molar-refractivity contribution is 5.95. The molecule has 0 unspecified atom stereocenters. The number of carbonyl (C=O) groups excluding carboxylic acids is 2. The first kappa shape index (κ1) is 20.2. The first-order valence-corrected chi connectivity index (χ1v) is 10.1. The van der Waals surface area contributed by atoms with E-state index in [0.717, 1.165) is 25.5 Å². The minimum Gasteiger partial charge on any atom is -0.370 e. The van der Waals surface area contributed by atoms with Crippen LogP contribution in [0.4, 0.5) is 16.0 Å². The second kappa shape index (κ2) is 8.74. The zero-order valence-corrected chi connectivity index (χ0v) is 16.5. The molecule has 0 spiro atoms. The lowest BCUT2D eigenvalue weighted by atomic mass is 9.85. The Labute approximate surface area is 173 Å². The Morgan fingerprint density at radius 2 is 2.20 bits per heavy atom. The van der Waals surface area contributed by atoms with E-state index in [9.17, 15) is 14.0 Å². The predicted octanol–water partition coefficient (Wildman–Crippen LogP) is 2.10. The highest BCUT2D eigenvalue weighted by Gasteiger charge is 2.26. The van der Waals surface area contributed by atoms with Crippen molar-refractivity contribution in [1.29, 1.82) is 0 Å². The predicted molar refractivity (Wildman–Crippen MR) is 109 cm³/mol. The van der Waals surface area contributed by atoms with Gasteiger partial charge in [0.2, 0.25) is 11.9 Å². The minimum atomic E-state index is -0.551. The Kier molecular flexibility index (Phi) is 5.89. The third-order valence-corrected chi connectivity index (χ3v) is 5.57. The summed E-state index contributed by atoms with van der Waals surface area (Å²) in [5.41, 5.74) is 6.82. The number of aromatic nitrogens is 2. The van der Waals surface area contributed by atoms with Crippen LogP contribution in [0.3, 0.4) is 0 Å². The van der Waals surface area contributed by atoms with Gasteiger partial charge >= 0.3 is 0 Å². The molecule has 2 fully saturated rings. The number of nitrogens with two attached hydrogens (primary N) is 1. The van der Waals surface area contributed by atoms with Gasteiger partial charge in [-0.2, -0.15) is 0 Å². The summed E-state index contributed by atoms with van der Waals surface area (Å²) in [4.78, 5) is 33.7. The van der Waals surface area contributed by atoms with Crippen molar-refractivity contribution in [3.05, 3.63) is 36.3 Å². The van der Waals surface area contributed by atoms with Crippen LogP contribution in [0.5, 0.6) is 0 Å². The maximum absolute atomic E-state index is 14.5. The van der Waals surface area contributed by atoms with Crippen LogP contribution in [0.25, 0.3) is 11.3 Å². The van der Waals surface area contributed by atoms with Crippen LogP contribution >= 0.6 is 0 Å². The van der Waals surface area contributed by atoms with E-state index in [1.165, 1.54) is 0 Å². The number of ether oxygens (including phenoxy) is 1. The van der Waals surface area contributed by atoms with Crippen molar-refractivity contribution >= 4 is 23.5 Å². The molecule has 1 aromatic heterocycles. The molecule has 2 aliphatic rings. The molecular weight excluding hydrogens is 389 g/mol. The monoisotopic (exact) mass is 413 g/mol. The molecule has 3 N–H and O–H groups in total. The number of rotatable bonds is 5. The van der Waals surface area contributed by atoms with Crippen molar-refractivity contribution < 1.29 is 18.7 Å². The molecule has 158 valence electrons. The van der Waals surface area contributed by atoms with Crippen molar-refractivity contribution in [2.75, 3.05) is 30.0 Å². The summed E-state index contributed by atoms with van der Waals surface area (Å²) in [6.45, 7) is 0.942. The van der Waals surface area contributed by atoms with Crippen LogP contribution in [0.1, 0.15) is 25.7 Å². The van der Waals surface area contributed by atoms with Gasteiger partial charge in [-0.3, -0.25) is 9.59 Å². The largest absolute Gasteiger partial charge is 0.370 e. The summed E-state index contributed by atoms with van der Waals surface area (Å²) >= 11 is 0. The molecule has 0 bridgehead atoms. The molecule has 4 rings (SSSR count). The second-order valence-corrected chi connectivity index (χ2v) is 7.65. The lowest BCUT2D eigenvalue weighted by Crippen LogP contribution is -2.41. The first-order chi connectivity index (χ1) is 14.5. The number of hydrogen-bond acceptors (Lipinski definition) is 6. The van der Waals surface area contributed by atoms with E-state index < -0.39 is 5.82 Å². The maximum atomic E-state index is 14.5. The highest BCUT2D eigenvalue weighted by Crippen LogP contribution is 2.29. The highest BCUT2D eigenvalue weighted by atomic mass is 19.1. The second-order valence-electron chi connectivity index (χ2n) is 7.65. The van der Waals surface area contributed by atoms with E-state index in [0.29, 0.717) is 36.8 Å². The van der Waals surface area contributed by atoms with Gasteiger partial charge < -0.3 is 20.7 Å². The third kappa shape index (κ3) is 4.40. The van der Waals surface area contributed by atoms with Crippen LogP contribution in [0.15, 0.2) is 30.5 Å². The molecule has 2 heterocycles. The molecule has 2 atom stereocenters. The SMILES string of the molecule is NC(=O)[C@@H]1CCC[C@H](Nc2ncc(F)c(-c3cccc(N4CCOCC4=O)c3)n2)C1. The van der Waals surface area contributed by atoms with Crippen molar-refractivity contribution in [2.45, 2.75) is 31.7 Å². The van der Waals surface area contributed by atoms with Crippen molar-refractivity contribution in [2.24, 2.45) is 11.7 Å². The van der Waals surface area contributed by atoms with Gasteiger partial charge in [-0.1, -0.05) is 18.6 Å². The number of morpholine rings is 1. The molecular formula is C21H24FN5O3. The summed E-state index contributed by atoms with van der Waals surface area (Å²) in [5.74, 6) is -0.847. The van der Waals surface area contributed by atoms with Crippen LogP contribution in [0, 0.1) is 11.7 Å². The number of nitrogens with zero attached hydrogens (tertiary/aromatic N) is 3. The van der Waals surface area contributed by atoms with Crippen LogP contribution < -0.4 is 16.0 Å². The number of carbonyl (C=O) groups is 2. The zero-order valence-electron chi connectivity index (χ0n) is 16.5. The molecule has 1 saturated carbocycles. The summed E-state index contributed by atoms with van der Waals surface area (Å²) < 4.78 is 19.7. The van der Waals surface area contributed by atoms with Crippen LogP contribution in [-0.4, -0.2) is 47.6 Å². The maximum Gasteiger partial charge on any atom is 0.253 e. The Bertz CT molecular complexity index is 954. The van der Waals surface area contributed by atoms with Gasteiger partial charge in [0.1, 0.15) is 12.3 Å². The zero-order chi connectivity index (χ0) is 21.1. The summed E-state index contributed by atoms with van der Waals surface area (Å²) in [6.07, 6.45) is 4.28. The average molecular weight is 413 g/mol. The van der Waals surface area contributed by atoms with E-state index in [4.69, 9.17) is 10.5 Å². The van der Waals surface area contributed by atoms with Gasteiger partial charge in [0.25, 0.3) is 5.91 Å². The molecule has 1 aromatic carbocycles. The molecule has 9 heteroatoms. The number of primary amides is 1. The van der Waals surface area contributed by atoms with Crippen LogP contribution in [0.2, 0.25) is 0 Å². The van der Waals surface area contributed by atoms with Gasteiger partial charge in [-0.15, -0.1) is 0 Å². The fourth-order valence-electron chi connectivity index (χ4n) is 4.01. The summed E-state index contributed by atoms with van der Waals surface area (Å²) in [5, 5.41) is 3.21. The molecule has 1 saturated heterocycles. The number of hydrogen-bond donors (Lipinski definition) is 2. The normalized spacial score (nSPS) is 22.0. The smallest absolute Gasteiger partial charge is 0.253 e. The third-order valence-electron chi connectivity index (χ3n) is 5.57. The Morgan fingerprint density at radius 1 is 1.33 bits per heavy atom. The van der Waals surface area contributed by atoms with Crippen molar-refractivity contribution in [1.82, 2.24) is 9.97 Å². The molecule has 0 radical (unpaired) electrons. The number of benzene rings is 1. The minimum absolute atomic E-state index is 0.00636. The van der Waals surface area contributed by atoms with Gasteiger partial charge in [-0.05, 0) is 31.4 Å². The first-order valence-electron chi connectivity index (χ1n) is 10.1. The molecule has 30 heavy (non-hydrogen) atoms. The van der Waals surface area contributed by atoms with Crippen molar-refractivity contribution in [3.8, 4) is 11.3 Å². The fraction of sp³-hybridized carbons (Fsp3) is 0.429. The van der Waals surface area contributed by atoms with E-state index in [2.05, 4.69) is 15.3 Å². The molecule has 2 amide bonds. The number of anilines is 2. The Morgan fingerprint density at radius 3 is 3.00 bits per heavy atom. The van der Waals surface area contributed by atoms with E-state index in [-0.39, 0.29) is 36.1 Å². The average Bonchev–Trinajstić information content (AvgIpc) is 2.76. The standard InChI is InChI=1S/C21H24FN5O3/c22-17-11-24-21(25-15-5-1-4-14(9-15)20(23)29)26-19(17)13-3-2-6-16(10-13)27-7-8-30-12-18(27)28/h2-3,6,10-11,14-15H,1,4-5,7-9,12H2,(H2,23,29)(H,24,25,26)/t14-,15+/m1/s1. The lowest BCUT2D eigenvalue weighted by Gasteiger charge is -2.28. The summed E-state index contributed by atoms with van der Waals surface area (Å²) in [7, 11) is 0. The topological polar surface area (TPSA) is 110 Å². The van der Waals surface area contributed by atoms with Gasteiger partial charge in [-0.25, -0.2) is 14.4 Å². The molecule has 2 aromatic rings. The van der Waals surface area contributed by atoms with Gasteiger partial charge in [0, 0.05) is 29.8 Å².